The van der Waals surface area contributed by atoms with Crippen LogP contribution in [0.1, 0.15) is 18.9 Å². The molecule has 0 bridgehead atoms. The molecule has 2 N–H and O–H groups in total. The molecule has 6 nitrogen and oxygen atoms in total. The molecule has 0 aliphatic heterocycles. The molecular formula is C22H22N4O2S2. The second-order valence-corrected chi connectivity index (χ2v) is 9.10. The van der Waals surface area contributed by atoms with Crippen molar-refractivity contribution in [3.05, 3.63) is 54.1 Å². The molecule has 8 heteroatoms. The van der Waals surface area contributed by atoms with Crippen molar-refractivity contribution >= 4 is 45.0 Å². The van der Waals surface area contributed by atoms with Crippen molar-refractivity contribution in [2.24, 2.45) is 0 Å². The van der Waals surface area contributed by atoms with E-state index in [1.165, 1.54) is 11.3 Å². The average Bonchev–Trinajstić information content (AvgIpc) is 3.36. The van der Waals surface area contributed by atoms with Gasteiger partial charge in [-0.15, -0.1) is 10.2 Å². The Bertz CT molecular complexity index is 1150. The summed E-state index contributed by atoms with van der Waals surface area (Å²) in [5.41, 5.74) is 4.28. The van der Waals surface area contributed by atoms with Gasteiger partial charge >= 0.3 is 0 Å². The molecule has 0 aliphatic rings. The standard InChI is InChI=1S/C22H22N4O2S2/c1-3-29-22-26-25-21(30-22)24-19(27)13-12-17-16-6-4-5-7-18(16)23-20(17)14-8-10-15(28-2)11-9-14/h4-11,23H,3,12-13H2,1-2H3,(H,24,25,27). The Morgan fingerprint density at radius 1 is 1.17 bits per heavy atom. The zero-order chi connectivity index (χ0) is 20.9. The maximum absolute atomic E-state index is 12.5. The van der Waals surface area contributed by atoms with E-state index < -0.39 is 0 Å². The highest BCUT2D eigenvalue weighted by Crippen LogP contribution is 2.32. The van der Waals surface area contributed by atoms with E-state index in [1.807, 2.05) is 36.4 Å². The first-order chi connectivity index (χ1) is 14.7. The number of nitrogens with zero attached hydrogens (tertiary/aromatic N) is 2. The first-order valence-electron chi connectivity index (χ1n) is 9.68. The molecule has 0 radical (unpaired) electrons. The van der Waals surface area contributed by atoms with Crippen molar-refractivity contribution in [1.82, 2.24) is 15.2 Å². The molecule has 0 atom stereocenters. The third-order valence-electron chi connectivity index (χ3n) is 4.72. The van der Waals surface area contributed by atoms with Crippen molar-refractivity contribution in [3.63, 3.8) is 0 Å². The number of carbonyl (C=O) groups is 1. The van der Waals surface area contributed by atoms with Crippen molar-refractivity contribution in [1.29, 1.82) is 0 Å². The van der Waals surface area contributed by atoms with Crippen LogP contribution in [-0.4, -0.2) is 34.0 Å². The van der Waals surface area contributed by atoms with Crippen LogP contribution in [0.15, 0.2) is 52.9 Å². The number of thioether (sulfide) groups is 1. The average molecular weight is 439 g/mol. The Labute approximate surface area is 183 Å². The number of hydrogen-bond acceptors (Lipinski definition) is 6. The number of nitrogens with one attached hydrogen (secondary N) is 2. The van der Waals surface area contributed by atoms with Crippen LogP contribution in [0.25, 0.3) is 22.2 Å². The van der Waals surface area contributed by atoms with Gasteiger partial charge in [-0.2, -0.15) is 0 Å². The number of rotatable bonds is 8. The van der Waals surface area contributed by atoms with Gasteiger partial charge in [0, 0.05) is 23.0 Å². The minimum absolute atomic E-state index is 0.0647. The smallest absolute Gasteiger partial charge is 0.226 e. The molecular weight excluding hydrogens is 416 g/mol. The lowest BCUT2D eigenvalue weighted by Gasteiger charge is -2.07. The molecule has 30 heavy (non-hydrogen) atoms. The van der Waals surface area contributed by atoms with Crippen LogP contribution in [0.4, 0.5) is 5.13 Å². The number of amides is 1. The lowest BCUT2D eigenvalue weighted by Crippen LogP contribution is -2.12. The number of methoxy groups -OCH3 is 1. The Morgan fingerprint density at radius 2 is 1.97 bits per heavy atom. The molecule has 0 spiro atoms. The van der Waals surface area contributed by atoms with Crippen LogP contribution >= 0.6 is 23.1 Å². The Hall–Kier alpha value is -2.84. The normalized spacial score (nSPS) is 11.0. The van der Waals surface area contributed by atoms with Crippen LogP contribution in [0.3, 0.4) is 0 Å². The SMILES string of the molecule is CCSc1nnc(NC(=O)CCc2c(-c3ccc(OC)cc3)[nH]c3ccccc23)s1. The Kier molecular flexibility index (Phi) is 6.35. The van der Waals surface area contributed by atoms with Gasteiger partial charge in [-0.25, -0.2) is 0 Å². The van der Waals surface area contributed by atoms with Crippen molar-refractivity contribution < 1.29 is 9.53 Å². The molecule has 1 amide bonds. The summed E-state index contributed by atoms with van der Waals surface area (Å²) in [6.07, 6.45) is 0.980. The number of benzene rings is 2. The zero-order valence-electron chi connectivity index (χ0n) is 16.8. The molecule has 0 fully saturated rings. The summed E-state index contributed by atoms with van der Waals surface area (Å²) in [7, 11) is 1.66. The molecule has 0 aliphatic carbocycles. The van der Waals surface area contributed by atoms with Gasteiger partial charge in [0.1, 0.15) is 5.75 Å². The third-order valence-corrected chi connectivity index (χ3v) is 6.57. The maximum atomic E-state index is 12.5. The van der Waals surface area contributed by atoms with Gasteiger partial charge in [0.2, 0.25) is 11.0 Å². The minimum Gasteiger partial charge on any atom is -0.497 e. The molecule has 154 valence electrons. The van der Waals surface area contributed by atoms with Crippen LogP contribution in [-0.2, 0) is 11.2 Å². The first-order valence-corrected chi connectivity index (χ1v) is 11.5. The van der Waals surface area contributed by atoms with Crippen molar-refractivity contribution in [2.45, 2.75) is 24.1 Å². The fourth-order valence-electron chi connectivity index (χ4n) is 3.33. The predicted molar refractivity (Wildman–Crippen MR) is 124 cm³/mol. The molecule has 2 aromatic heterocycles. The van der Waals surface area contributed by atoms with Crippen molar-refractivity contribution in [2.75, 3.05) is 18.2 Å². The van der Waals surface area contributed by atoms with Gasteiger partial charge in [-0.05, 0) is 53.6 Å². The Balaban J connectivity index is 1.54. The monoisotopic (exact) mass is 438 g/mol. The van der Waals surface area contributed by atoms with Gasteiger partial charge in [0.05, 0.1) is 7.11 Å². The Morgan fingerprint density at radius 3 is 2.73 bits per heavy atom. The lowest BCUT2D eigenvalue weighted by molar-refractivity contribution is -0.116. The van der Waals surface area contributed by atoms with E-state index in [9.17, 15) is 4.79 Å². The third kappa shape index (κ3) is 4.49. The number of aryl methyl sites for hydroxylation is 1. The number of H-pyrrole nitrogens is 1. The number of hydrogen-bond donors (Lipinski definition) is 2. The predicted octanol–water partition coefficient (Wildman–Crippen LogP) is 5.38. The van der Waals surface area contributed by atoms with E-state index in [1.54, 1.807) is 18.9 Å². The summed E-state index contributed by atoms with van der Waals surface area (Å²) in [6.45, 7) is 2.06. The lowest BCUT2D eigenvalue weighted by atomic mass is 10.0. The van der Waals surface area contributed by atoms with Crippen LogP contribution in [0.5, 0.6) is 5.75 Å². The molecule has 0 unspecified atom stereocenters. The van der Waals surface area contributed by atoms with E-state index >= 15 is 0 Å². The van der Waals surface area contributed by atoms with Gasteiger partial charge in [-0.1, -0.05) is 48.2 Å². The highest BCUT2D eigenvalue weighted by molar-refractivity contribution is 8.01. The second-order valence-electron chi connectivity index (χ2n) is 6.61. The quantitative estimate of drug-likeness (QED) is 0.285. The van der Waals surface area contributed by atoms with E-state index in [0.29, 0.717) is 18.0 Å². The number of aromatic nitrogens is 3. The maximum Gasteiger partial charge on any atom is 0.226 e. The van der Waals surface area contributed by atoms with E-state index in [2.05, 4.69) is 39.6 Å². The number of fused-ring (bicyclic) bond motifs is 1. The fourth-order valence-corrected chi connectivity index (χ4v) is 4.99. The number of carbonyl (C=O) groups excluding carboxylic acids is 1. The highest BCUT2D eigenvalue weighted by Gasteiger charge is 2.15. The van der Waals surface area contributed by atoms with Crippen LogP contribution in [0, 0.1) is 0 Å². The van der Waals surface area contributed by atoms with Gasteiger partial charge in [0.25, 0.3) is 0 Å². The summed E-state index contributed by atoms with van der Waals surface area (Å²) in [5.74, 6) is 1.68. The summed E-state index contributed by atoms with van der Waals surface area (Å²) in [4.78, 5) is 16.0. The van der Waals surface area contributed by atoms with Crippen LogP contribution < -0.4 is 10.1 Å². The van der Waals surface area contributed by atoms with E-state index in [4.69, 9.17) is 4.74 Å². The van der Waals surface area contributed by atoms with Crippen LogP contribution in [0.2, 0.25) is 0 Å². The largest absolute Gasteiger partial charge is 0.497 e. The first kappa shape index (κ1) is 20.4. The van der Waals surface area contributed by atoms with E-state index in [0.717, 1.165) is 43.6 Å². The molecule has 2 aromatic carbocycles. The van der Waals surface area contributed by atoms with Gasteiger partial charge in [-0.3, -0.25) is 4.79 Å². The van der Waals surface area contributed by atoms with Crippen molar-refractivity contribution in [3.8, 4) is 17.0 Å². The fraction of sp³-hybridized carbons (Fsp3) is 0.227. The van der Waals surface area contributed by atoms with Gasteiger partial charge in [0.15, 0.2) is 4.34 Å². The molecule has 0 saturated heterocycles. The number of anilines is 1. The molecule has 4 rings (SSSR count). The second kappa shape index (κ2) is 9.32. The van der Waals surface area contributed by atoms with Gasteiger partial charge < -0.3 is 15.0 Å². The molecule has 4 aromatic rings. The molecule has 2 heterocycles. The molecule has 0 saturated carbocycles. The summed E-state index contributed by atoms with van der Waals surface area (Å²) in [6, 6.07) is 16.1. The summed E-state index contributed by atoms with van der Waals surface area (Å²) >= 11 is 3.02. The minimum atomic E-state index is -0.0647. The topological polar surface area (TPSA) is 79.9 Å². The number of para-hydroxylation sites is 1. The number of ether oxygens (including phenoxy) is 1. The number of aromatic amines is 1. The summed E-state index contributed by atoms with van der Waals surface area (Å²) < 4.78 is 6.14. The zero-order valence-corrected chi connectivity index (χ0v) is 18.4. The van der Waals surface area contributed by atoms with E-state index in [-0.39, 0.29) is 5.91 Å². The summed E-state index contributed by atoms with van der Waals surface area (Å²) in [5, 5.41) is 12.7. The highest BCUT2D eigenvalue weighted by atomic mass is 32.2.